The first-order valence-electron chi connectivity index (χ1n) is 6.02. The Morgan fingerprint density at radius 3 is 2.68 bits per heavy atom. The molecule has 0 amide bonds. The molecule has 6 nitrogen and oxygen atoms in total. The quantitative estimate of drug-likeness (QED) is 0.837. The summed E-state index contributed by atoms with van der Waals surface area (Å²) in [4.78, 5) is 10.6. The number of furan rings is 1. The van der Waals surface area contributed by atoms with E-state index in [9.17, 15) is 17.6 Å². The Kier molecular flexibility index (Phi) is 4.84. The highest BCUT2D eigenvalue weighted by molar-refractivity contribution is 7.89. The van der Waals surface area contributed by atoms with E-state index in [0.717, 1.165) is 18.2 Å². The van der Waals surface area contributed by atoms with Gasteiger partial charge in [0.25, 0.3) is 0 Å². The van der Waals surface area contributed by atoms with Crippen molar-refractivity contribution in [2.24, 2.45) is 0 Å². The van der Waals surface area contributed by atoms with Crippen LogP contribution in [0.15, 0.2) is 45.9 Å². The van der Waals surface area contributed by atoms with E-state index in [2.05, 4.69) is 4.72 Å². The number of benzene rings is 1. The van der Waals surface area contributed by atoms with Crippen molar-refractivity contribution in [1.82, 2.24) is 4.72 Å². The van der Waals surface area contributed by atoms with E-state index in [4.69, 9.17) is 21.1 Å². The zero-order chi connectivity index (χ0) is 16.3. The Balaban J connectivity index is 2.31. The molecule has 1 unspecified atom stereocenters. The maximum atomic E-state index is 13.1. The zero-order valence-electron chi connectivity index (χ0n) is 11.0. The van der Waals surface area contributed by atoms with Crippen LogP contribution in [0, 0.1) is 5.82 Å². The van der Waals surface area contributed by atoms with E-state index in [1.807, 2.05) is 0 Å². The van der Waals surface area contributed by atoms with Gasteiger partial charge in [-0.15, -0.1) is 0 Å². The lowest BCUT2D eigenvalue weighted by Gasteiger charge is -2.15. The lowest BCUT2D eigenvalue weighted by atomic mass is 10.2. The van der Waals surface area contributed by atoms with E-state index < -0.39 is 34.3 Å². The van der Waals surface area contributed by atoms with Crippen LogP contribution in [0.2, 0.25) is 5.02 Å². The summed E-state index contributed by atoms with van der Waals surface area (Å²) < 4.78 is 44.9. The van der Waals surface area contributed by atoms with Gasteiger partial charge in [0.2, 0.25) is 10.0 Å². The van der Waals surface area contributed by atoms with Crippen molar-refractivity contribution in [2.45, 2.75) is 17.4 Å². The van der Waals surface area contributed by atoms with Crippen LogP contribution in [0.4, 0.5) is 4.39 Å². The van der Waals surface area contributed by atoms with Crippen LogP contribution in [0.25, 0.3) is 0 Å². The Morgan fingerprint density at radius 1 is 1.41 bits per heavy atom. The highest BCUT2D eigenvalue weighted by atomic mass is 35.5. The number of hydrogen-bond acceptors (Lipinski definition) is 4. The van der Waals surface area contributed by atoms with Gasteiger partial charge in [-0.1, -0.05) is 11.6 Å². The van der Waals surface area contributed by atoms with E-state index in [1.165, 1.54) is 18.4 Å². The van der Waals surface area contributed by atoms with Gasteiger partial charge in [-0.3, -0.25) is 4.79 Å². The second-order valence-electron chi connectivity index (χ2n) is 4.36. The van der Waals surface area contributed by atoms with Crippen molar-refractivity contribution in [3.8, 4) is 0 Å². The second-order valence-corrected chi connectivity index (χ2v) is 6.48. The Labute approximate surface area is 130 Å². The number of carboxylic acid groups (broad SMARTS) is 1. The minimum absolute atomic E-state index is 0.152. The summed E-state index contributed by atoms with van der Waals surface area (Å²) in [6.07, 6.45) is 0.787. The molecule has 118 valence electrons. The van der Waals surface area contributed by atoms with E-state index in [0.29, 0.717) is 0 Å². The van der Waals surface area contributed by atoms with Gasteiger partial charge in [-0.25, -0.2) is 12.8 Å². The summed E-state index contributed by atoms with van der Waals surface area (Å²) in [5.41, 5.74) is 0. The third-order valence-electron chi connectivity index (χ3n) is 2.76. The van der Waals surface area contributed by atoms with Gasteiger partial charge in [0.05, 0.1) is 28.6 Å². The second kappa shape index (κ2) is 6.47. The van der Waals surface area contributed by atoms with Crippen LogP contribution in [-0.2, 0) is 14.8 Å². The smallest absolute Gasteiger partial charge is 0.305 e. The summed E-state index contributed by atoms with van der Waals surface area (Å²) in [6.45, 7) is 0. The Bertz CT molecular complexity index is 776. The molecular weight excluding hydrogens is 337 g/mol. The lowest BCUT2D eigenvalue weighted by Crippen LogP contribution is -2.30. The Morgan fingerprint density at radius 2 is 2.14 bits per heavy atom. The van der Waals surface area contributed by atoms with Crippen LogP contribution >= 0.6 is 11.6 Å². The number of carboxylic acids is 1. The van der Waals surface area contributed by atoms with Crippen LogP contribution in [-0.4, -0.2) is 19.5 Å². The van der Waals surface area contributed by atoms with Crippen molar-refractivity contribution in [3.63, 3.8) is 0 Å². The molecular formula is C13H11ClFNO5S. The average Bonchev–Trinajstić information content (AvgIpc) is 2.94. The third-order valence-corrected chi connectivity index (χ3v) is 4.52. The van der Waals surface area contributed by atoms with Crippen LogP contribution in [0.1, 0.15) is 18.2 Å². The monoisotopic (exact) mass is 347 g/mol. The molecule has 1 aromatic carbocycles. The SMILES string of the molecule is O=C(O)CC(NS(=O)(=O)c1ccc(F)c(Cl)c1)c1ccco1. The maximum absolute atomic E-state index is 13.1. The van der Waals surface area contributed by atoms with Gasteiger partial charge in [0.15, 0.2) is 0 Å². The molecule has 0 bridgehead atoms. The molecule has 0 fully saturated rings. The zero-order valence-corrected chi connectivity index (χ0v) is 12.6. The number of carbonyl (C=O) groups is 1. The topological polar surface area (TPSA) is 96.6 Å². The summed E-state index contributed by atoms with van der Waals surface area (Å²) in [7, 11) is -4.09. The summed E-state index contributed by atoms with van der Waals surface area (Å²) in [6, 6.07) is 4.75. The number of rotatable bonds is 6. The number of aliphatic carboxylic acids is 1. The first-order chi connectivity index (χ1) is 10.3. The molecule has 9 heteroatoms. The summed E-state index contributed by atoms with van der Waals surface area (Å²) >= 11 is 5.56. The maximum Gasteiger partial charge on any atom is 0.305 e. The molecule has 1 aromatic heterocycles. The van der Waals surface area contributed by atoms with Crippen molar-refractivity contribution in [2.75, 3.05) is 0 Å². The van der Waals surface area contributed by atoms with Gasteiger partial charge < -0.3 is 9.52 Å². The normalized spacial score (nSPS) is 13.0. The fourth-order valence-electron chi connectivity index (χ4n) is 1.76. The van der Waals surface area contributed by atoms with Gasteiger partial charge in [0.1, 0.15) is 11.6 Å². The van der Waals surface area contributed by atoms with Crippen LogP contribution in [0.3, 0.4) is 0 Å². The number of nitrogens with one attached hydrogen (secondary N) is 1. The fraction of sp³-hybridized carbons (Fsp3) is 0.154. The molecule has 22 heavy (non-hydrogen) atoms. The first-order valence-corrected chi connectivity index (χ1v) is 7.88. The molecule has 2 N–H and O–H groups in total. The van der Waals surface area contributed by atoms with Crippen molar-refractivity contribution in [3.05, 3.63) is 53.2 Å². The Hall–Kier alpha value is -1.90. The van der Waals surface area contributed by atoms with Gasteiger partial charge in [-0.2, -0.15) is 4.72 Å². The van der Waals surface area contributed by atoms with Crippen molar-refractivity contribution >= 4 is 27.6 Å². The molecule has 0 aliphatic carbocycles. The number of sulfonamides is 1. The van der Waals surface area contributed by atoms with Gasteiger partial charge in [0, 0.05) is 0 Å². The van der Waals surface area contributed by atoms with Crippen LogP contribution < -0.4 is 4.72 Å². The molecule has 2 aromatic rings. The summed E-state index contributed by atoms with van der Waals surface area (Å²) in [5.74, 6) is -1.81. The molecule has 0 spiro atoms. The molecule has 0 aliphatic rings. The molecule has 0 aliphatic heterocycles. The minimum atomic E-state index is -4.09. The highest BCUT2D eigenvalue weighted by Crippen LogP contribution is 2.23. The van der Waals surface area contributed by atoms with E-state index in [1.54, 1.807) is 0 Å². The highest BCUT2D eigenvalue weighted by Gasteiger charge is 2.26. The summed E-state index contributed by atoms with van der Waals surface area (Å²) in [5, 5.41) is 8.53. The third kappa shape index (κ3) is 3.85. The van der Waals surface area contributed by atoms with Crippen molar-refractivity contribution in [1.29, 1.82) is 0 Å². The molecule has 1 heterocycles. The fourth-order valence-corrected chi connectivity index (χ4v) is 3.24. The van der Waals surface area contributed by atoms with Crippen molar-refractivity contribution < 1.29 is 27.1 Å². The number of hydrogen-bond donors (Lipinski definition) is 2. The standard InChI is InChI=1S/C13H11ClFNO5S/c14-9-6-8(3-4-10(9)15)22(19,20)16-11(7-13(17)18)12-2-1-5-21-12/h1-6,11,16H,7H2,(H,17,18). The predicted octanol–water partition coefficient (Wildman–Crippen LogP) is 2.57. The van der Waals surface area contributed by atoms with Crippen LogP contribution in [0.5, 0.6) is 0 Å². The van der Waals surface area contributed by atoms with Gasteiger partial charge >= 0.3 is 5.97 Å². The van der Waals surface area contributed by atoms with E-state index in [-0.39, 0.29) is 15.7 Å². The average molecular weight is 348 g/mol. The lowest BCUT2D eigenvalue weighted by molar-refractivity contribution is -0.137. The minimum Gasteiger partial charge on any atom is -0.481 e. The molecule has 1 atom stereocenters. The van der Waals surface area contributed by atoms with Gasteiger partial charge in [-0.05, 0) is 30.3 Å². The largest absolute Gasteiger partial charge is 0.481 e. The molecule has 2 rings (SSSR count). The molecule has 0 saturated heterocycles. The molecule has 0 saturated carbocycles. The molecule has 0 radical (unpaired) electrons. The first kappa shape index (κ1) is 16.5. The number of halogens is 2. The van der Waals surface area contributed by atoms with E-state index >= 15 is 0 Å². The predicted molar refractivity (Wildman–Crippen MR) is 75.4 cm³/mol.